The van der Waals surface area contributed by atoms with Crippen molar-refractivity contribution in [3.8, 4) is 11.5 Å². The van der Waals surface area contributed by atoms with Gasteiger partial charge >= 0.3 is 0 Å². The zero-order chi connectivity index (χ0) is 16.3. The second-order valence-corrected chi connectivity index (χ2v) is 5.91. The lowest BCUT2D eigenvalue weighted by Gasteiger charge is -2.17. The van der Waals surface area contributed by atoms with E-state index in [-0.39, 0.29) is 6.79 Å². The van der Waals surface area contributed by atoms with E-state index in [1.807, 2.05) is 24.4 Å². The molecule has 1 aromatic carbocycles. The molecule has 2 aliphatic carbocycles. The van der Waals surface area contributed by atoms with Crippen LogP contribution < -0.4 is 19.9 Å². The standard InChI is InChI=1S/C19H15NO4/c1-21-15-5-11-8-20-19-13-7-18-17(23-9-24-18)4-10(13)3-14(19)12(11)6-16(15)22-2/h3-5,7-8H,6,9H2,1-2H3. The molecule has 5 heteroatoms. The van der Waals surface area contributed by atoms with Crippen LogP contribution in [0, 0.1) is 10.6 Å². The topological polar surface area (TPSA) is 49.8 Å². The molecule has 1 aromatic heterocycles. The number of allylic oxidation sites excluding steroid dienone is 2. The van der Waals surface area contributed by atoms with Gasteiger partial charge in [-0.3, -0.25) is 4.98 Å². The number of benzene rings is 1. The van der Waals surface area contributed by atoms with Crippen LogP contribution in [0.5, 0.6) is 11.5 Å². The van der Waals surface area contributed by atoms with Crippen LogP contribution in [0.4, 0.5) is 0 Å². The number of ether oxygens (including phenoxy) is 4. The van der Waals surface area contributed by atoms with Crippen molar-refractivity contribution in [2.75, 3.05) is 21.0 Å². The Kier molecular flexibility index (Phi) is 2.68. The summed E-state index contributed by atoms with van der Waals surface area (Å²) in [5.41, 5.74) is 2.34. The number of methoxy groups -OCH3 is 2. The normalized spacial score (nSPS) is 15.9. The Morgan fingerprint density at radius 3 is 2.62 bits per heavy atom. The SMILES string of the molecule is COC1=C(OC)Cc2c3c(ncc2=C1)=c1cc2c(cc1=C3)OCO2. The molecule has 0 saturated heterocycles. The summed E-state index contributed by atoms with van der Waals surface area (Å²) in [6.45, 7) is 0.277. The van der Waals surface area contributed by atoms with Crippen LogP contribution in [-0.2, 0) is 15.9 Å². The fourth-order valence-electron chi connectivity index (χ4n) is 3.52. The van der Waals surface area contributed by atoms with E-state index in [0.29, 0.717) is 6.42 Å². The van der Waals surface area contributed by atoms with Crippen LogP contribution in [0.3, 0.4) is 0 Å². The highest BCUT2D eigenvalue weighted by atomic mass is 16.7. The van der Waals surface area contributed by atoms with Crippen LogP contribution in [-0.4, -0.2) is 26.0 Å². The van der Waals surface area contributed by atoms with Gasteiger partial charge in [-0.1, -0.05) is 0 Å². The van der Waals surface area contributed by atoms with E-state index in [1.165, 1.54) is 5.56 Å². The van der Waals surface area contributed by atoms with Gasteiger partial charge in [0, 0.05) is 28.6 Å². The van der Waals surface area contributed by atoms with Crippen molar-refractivity contribution in [1.29, 1.82) is 0 Å². The van der Waals surface area contributed by atoms with Gasteiger partial charge in [0.2, 0.25) is 6.79 Å². The van der Waals surface area contributed by atoms with Gasteiger partial charge in [-0.05, 0) is 35.1 Å². The first kappa shape index (κ1) is 13.5. The maximum absolute atomic E-state index is 5.50. The van der Waals surface area contributed by atoms with Crippen molar-refractivity contribution in [1.82, 2.24) is 4.98 Å². The van der Waals surface area contributed by atoms with E-state index in [4.69, 9.17) is 18.9 Å². The van der Waals surface area contributed by atoms with Crippen molar-refractivity contribution in [3.63, 3.8) is 0 Å². The Hall–Kier alpha value is -2.95. The molecule has 5 rings (SSSR count). The third-order valence-electron chi connectivity index (χ3n) is 4.73. The average Bonchev–Trinajstić information content (AvgIpc) is 3.21. The molecule has 120 valence electrons. The van der Waals surface area contributed by atoms with Crippen molar-refractivity contribution >= 4 is 12.2 Å². The first-order valence-corrected chi connectivity index (χ1v) is 7.75. The maximum atomic E-state index is 5.50. The smallest absolute Gasteiger partial charge is 0.231 e. The molecule has 0 N–H and O–H groups in total. The summed E-state index contributed by atoms with van der Waals surface area (Å²) in [5, 5.41) is 4.23. The zero-order valence-electron chi connectivity index (χ0n) is 13.4. The minimum Gasteiger partial charge on any atom is -0.497 e. The summed E-state index contributed by atoms with van der Waals surface area (Å²) in [7, 11) is 3.33. The molecule has 1 aliphatic heterocycles. The molecule has 0 saturated carbocycles. The maximum Gasteiger partial charge on any atom is 0.231 e. The summed E-state index contributed by atoms with van der Waals surface area (Å²) < 4.78 is 21.9. The predicted octanol–water partition coefficient (Wildman–Crippen LogP) is 1.08. The number of fused-ring (bicyclic) bond motifs is 5. The molecule has 0 atom stereocenters. The van der Waals surface area contributed by atoms with E-state index in [2.05, 4.69) is 11.1 Å². The van der Waals surface area contributed by atoms with Crippen molar-refractivity contribution in [2.45, 2.75) is 6.42 Å². The largest absolute Gasteiger partial charge is 0.497 e. The van der Waals surface area contributed by atoms with Crippen LogP contribution >= 0.6 is 0 Å². The molecular formula is C19H15NO4. The quantitative estimate of drug-likeness (QED) is 0.707. The lowest BCUT2D eigenvalue weighted by atomic mass is 9.98. The third-order valence-corrected chi connectivity index (χ3v) is 4.73. The second kappa shape index (κ2) is 4.77. The van der Waals surface area contributed by atoms with E-state index < -0.39 is 0 Å². The van der Waals surface area contributed by atoms with E-state index in [1.54, 1.807) is 14.2 Å². The monoisotopic (exact) mass is 321 g/mol. The minimum absolute atomic E-state index is 0.277. The summed E-state index contributed by atoms with van der Waals surface area (Å²) in [5.74, 6) is 3.15. The molecule has 3 aliphatic rings. The van der Waals surface area contributed by atoms with Gasteiger partial charge in [0.1, 0.15) is 5.76 Å². The molecule has 0 fully saturated rings. The highest BCUT2D eigenvalue weighted by molar-refractivity contribution is 5.64. The van der Waals surface area contributed by atoms with Crippen molar-refractivity contribution in [2.24, 2.45) is 0 Å². The summed E-state index contributed by atoms with van der Waals surface area (Å²) in [6, 6.07) is 4.03. The van der Waals surface area contributed by atoms with Crippen LogP contribution in [0.1, 0.15) is 11.1 Å². The zero-order valence-corrected chi connectivity index (χ0v) is 13.4. The Morgan fingerprint density at radius 1 is 1.00 bits per heavy atom. The molecule has 0 radical (unpaired) electrons. The first-order valence-electron chi connectivity index (χ1n) is 7.75. The molecule has 0 unspecified atom stereocenters. The van der Waals surface area contributed by atoms with Crippen LogP contribution in [0.15, 0.2) is 29.8 Å². The molecule has 0 bridgehead atoms. The Balaban J connectivity index is 1.81. The van der Waals surface area contributed by atoms with Gasteiger partial charge in [0.25, 0.3) is 0 Å². The van der Waals surface area contributed by atoms with Gasteiger partial charge < -0.3 is 18.9 Å². The lowest BCUT2D eigenvalue weighted by molar-refractivity contribution is 0.174. The van der Waals surface area contributed by atoms with Gasteiger partial charge in [-0.25, -0.2) is 0 Å². The van der Waals surface area contributed by atoms with Crippen molar-refractivity contribution in [3.05, 3.63) is 62.0 Å². The number of hydrogen-bond acceptors (Lipinski definition) is 5. The fraction of sp³-hybridized carbons (Fsp3) is 0.211. The average molecular weight is 321 g/mol. The minimum atomic E-state index is 0.277. The summed E-state index contributed by atoms with van der Waals surface area (Å²) >= 11 is 0. The summed E-state index contributed by atoms with van der Waals surface area (Å²) in [4.78, 5) is 4.68. The molecule has 0 spiro atoms. The highest BCUT2D eigenvalue weighted by Crippen LogP contribution is 2.31. The van der Waals surface area contributed by atoms with Gasteiger partial charge in [0.15, 0.2) is 17.3 Å². The van der Waals surface area contributed by atoms with Crippen molar-refractivity contribution < 1.29 is 18.9 Å². The number of aromatic nitrogens is 1. The second-order valence-electron chi connectivity index (χ2n) is 5.91. The van der Waals surface area contributed by atoms with Gasteiger partial charge in [0.05, 0.1) is 19.6 Å². The van der Waals surface area contributed by atoms with Crippen LogP contribution in [0.25, 0.3) is 12.2 Å². The van der Waals surface area contributed by atoms with Gasteiger partial charge in [-0.15, -0.1) is 0 Å². The van der Waals surface area contributed by atoms with E-state index >= 15 is 0 Å². The first-order chi connectivity index (χ1) is 11.8. The molecule has 5 nitrogen and oxygen atoms in total. The molecular weight excluding hydrogens is 306 g/mol. The number of hydrogen-bond donors (Lipinski definition) is 0. The molecule has 2 heterocycles. The number of nitrogens with zero attached hydrogens (tertiary/aromatic N) is 1. The Morgan fingerprint density at radius 2 is 1.83 bits per heavy atom. The van der Waals surface area contributed by atoms with E-state index in [0.717, 1.165) is 49.6 Å². The third kappa shape index (κ3) is 1.72. The Bertz CT molecular complexity index is 1130. The molecule has 2 aromatic rings. The summed E-state index contributed by atoms with van der Waals surface area (Å²) in [6.07, 6.45) is 6.73. The van der Waals surface area contributed by atoms with E-state index in [9.17, 15) is 0 Å². The van der Waals surface area contributed by atoms with Gasteiger partial charge in [-0.2, -0.15) is 0 Å². The number of pyridine rings is 1. The fourth-order valence-corrected chi connectivity index (χ4v) is 3.52. The van der Waals surface area contributed by atoms with Crippen LogP contribution in [0.2, 0.25) is 0 Å². The molecule has 24 heavy (non-hydrogen) atoms. The predicted molar refractivity (Wildman–Crippen MR) is 86.5 cm³/mol. The Labute approximate surface area is 137 Å². The number of rotatable bonds is 2. The lowest BCUT2D eigenvalue weighted by Crippen LogP contribution is -2.20. The highest BCUT2D eigenvalue weighted by Gasteiger charge is 2.21. The molecule has 0 amide bonds.